The normalized spacial score (nSPS) is 13.3. The summed E-state index contributed by atoms with van der Waals surface area (Å²) in [7, 11) is 0. The van der Waals surface area contributed by atoms with Crippen LogP contribution in [0.4, 0.5) is 5.82 Å². The van der Waals surface area contributed by atoms with E-state index in [1.165, 1.54) is 29.7 Å². The summed E-state index contributed by atoms with van der Waals surface area (Å²) in [6.07, 6.45) is 8.25. The highest BCUT2D eigenvalue weighted by molar-refractivity contribution is 5.40. The van der Waals surface area contributed by atoms with Crippen molar-refractivity contribution in [2.75, 3.05) is 11.9 Å². The monoisotopic (exact) mass is 239 g/mol. The van der Waals surface area contributed by atoms with Crippen molar-refractivity contribution in [2.45, 2.75) is 25.7 Å². The van der Waals surface area contributed by atoms with Gasteiger partial charge in [0.25, 0.3) is 0 Å². The highest BCUT2D eigenvalue weighted by atomic mass is 15.0. The molecule has 0 aromatic carbocycles. The predicted octanol–water partition coefficient (Wildman–Crippen LogP) is 2.62. The molecule has 3 rings (SSSR count). The van der Waals surface area contributed by atoms with Crippen molar-refractivity contribution >= 4 is 5.82 Å². The van der Waals surface area contributed by atoms with Crippen LogP contribution in [0.1, 0.15) is 23.2 Å². The average molecular weight is 239 g/mol. The summed E-state index contributed by atoms with van der Waals surface area (Å²) >= 11 is 0. The van der Waals surface area contributed by atoms with E-state index in [0.29, 0.717) is 0 Å². The Labute approximate surface area is 107 Å². The molecule has 0 spiro atoms. The Morgan fingerprint density at radius 1 is 1.06 bits per heavy atom. The number of anilines is 1. The van der Waals surface area contributed by atoms with Gasteiger partial charge in [-0.1, -0.05) is 6.07 Å². The largest absolute Gasteiger partial charge is 0.370 e. The van der Waals surface area contributed by atoms with E-state index < -0.39 is 0 Å². The number of rotatable bonds is 4. The molecule has 1 aliphatic rings. The lowest BCUT2D eigenvalue weighted by molar-refractivity contribution is 0.898. The number of aromatic nitrogens is 2. The third kappa shape index (κ3) is 2.50. The number of nitrogens with one attached hydrogen (secondary N) is 1. The molecule has 0 atom stereocenters. The van der Waals surface area contributed by atoms with Crippen LogP contribution in [-0.2, 0) is 19.3 Å². The maximum atomic E-state index is 4.66. The van der Waals surface area contributed by atoms with Gasteiger partial charge in [0.05, 0.1) is 0 Å². The number of fused-ring (bicyclic) bond motifs is 1. The van der Waals surface area contributed by atoms with Gasteiger partial charge in [0.2, 0.25) is 0 Å². The van der Waals surface area contributed by atoms with Crippen LogP contribution < -0.4 is 5.32 Å². The summed E-state index contributed by atoms with van der Waals surface area (Å²) in [4.78, 5) is 8.68. The van der Waals surface area contributed by atoms with Crippen LogP contribution in [0.3, 0.4) is 0 Å². The molecule has 0 saturated heterocycles. The Morgan fingerprint density at radius 3 is 2.83 bits per heavy atom. The molecule has 18 heavy (non-hydrogen) atoms. The smallest absolute Gasteiger partial charge is 0.126 e. The molecule has 1 N–H and O–H groups in total. The van der Waals surface area contributed by atoms with Crippen molar-refractivity contribution in [3.05, 3.63) is 53.5 Å². The second kappa shape index (κ2) is 5.17. The van der Waals surface area contributed by atoms with Crippen LogP contribution >= 0.6 is 0 Å². The van der Waals surface area contributed by atoms with Gasteiger partial charge in [-0.25, -0.2) is 4.98 Å². The zero-order valence-corrected chi connectivity index (χ0v) is 10.4. The van der Waals surface area contributed by atoms with Crippen LogP contribution in [0.5, 0.6) is 0 Å². The Hall–Kier alpha value is -1.90. The molecular formula is C15H17N3. The van der Waals surface area contributed by atoms with Crippen molar-refractivity contribution in [3.8, 4) is 0 Å². The first kappa shape index (κ1) is 11.2. The number of nitrogens with zero attached hydrogens (tertiary/aromatic N) is 2. The van der Waals surface area contributed by atoms with E-state index in [1.54, 1.807) is 0 Å². The van der Waals surface area contributed by atoms with Crippen LogP contribution in [-0.4, -0.2) is 16.5 Å². The lowest BCUT2D eigenvalue weighted by atomic mass is 10.2. The summed E-state index contributed by atoms with van der Waals surface area (Å²) in [6, 6.07) is 8.41. The minimum absolute atomic E-state index is 0.912. The first-order chi connectivity index (χ1) is 8.92. The second-order valence-electron chi connectivity index (χ2n) is 4.69. The minimum Gasteiger partial charge on any atom is -0.370 e. The maximum Gasteiger partial charge on any atom is 0.126 e. The van der Waals surface area contributed by atoms with E-state index in [4.69, 9.17) is 0 Å². The predicted molar refractivity (Wildman–Crippen MR) is 72.7 cm³/mol. The first-order valence-corrected chi connectivity index (χ1v) is 6.53. The summed E-state index contributed by atoms with van der Waals surface area (Å²) in [5, 5.41) is 3.39. The minimum atomic E-state index is 0.912. The molecule has 0 saturated carbocycles. The Kier molecular flexibility index (Phi) is 3.22. The van der Waals surface area contributed by atoms with Gasteiger partial charge in [-0.3, -0.25) is 4.98 Å². The second-order valence-corrected chi connectivity index (χ2v) is 4.69. The molecule has 0 amide bonds. The zero-order valence-electron chi connectivity index (χ0n) is 10.4. The van der Waals surface area contributed by atoms with E-state index in [9.17, 15) is 0 Å². The van der Waals surface area contributed by atoms with Crippen LogP contribution in [0, 0.1) is 0 Å². The van der Waals surface area contributed by atoms with Crippen molar-refractivity contribution in [1.82, 2.24) is 9.97 Å². The van der Waals surface area contributed by atoms with Gasteiger partial charge in [-0.2, -0.15) is 0 Å². The summed E-state index contributed by atoms with van der Waals surface area (Å²) in [6.45, 7) is 0.912. The molecule has 0 radical (unpaired) electrons. The van der Waals surface area contributed by atoms with Crippen molar-refractivity contribution in [2.24, 2.45) is 0 Å². The molecule has 1 aliphatic carbocycles. The maximum absolute atomic E-state index is 4.66. The van der Waals surface area contributed by atoms with Crippen LogP contribution in [0.25, 0.3) is 0 Å². The third-order valence-corrected chi connectivity index (χ3v) is 3.40. The number of hydrogen-bond donors (Lipinski definition) is 1. The molecule has 2 aromatic heterocycles. The third-order valence-electron chi connectivity index (χ3n) is 3.40. The fraction of sp³-hybridized carbons (Fsp3) is 0.333. The van der Waals surface area contributed by atoms with Gasteiger partial charge in [-0.15, -0.1) is 0 Å². The molecule has 0 unspecified atom stereocenters. The molecular weight excluding hydrogens is 222 g/mol. The topological polar surface area (TPSA) is 37.8 Å². The van der Waals surface area contributed by atoms with E-state index in [1.807, 2.05) is 12.4 Å². The van der Waals surface area contributed by atoms with Gasteiger partial charge in [-0.05, 0) is 55.0 Å². The molecule has 92 valence electrons. The van der Waals surface area contributed by atoms with Crippen molar-refractivity contribution < 1.29 is 0 Å². The molecule has 2 heterocycles. The highest BCUT2D eigenvalue weighted by Gasteiger charge is 2.11. The zero-order chi connectivity index (χ0) is 12.2. The highest BCUT2D eigenvalue weighted by Crippen LogP contribution is 2.21. The average Bonchev–Trinajstić information content (AvgIpc) is 2.87. The van der Waals surface area contributed by atoms with Gasteiger partial charge in [0, 0.05) is 24.6 Å². The molecule has 3 nitrogen and oxygen atoms in total. The van der Waals surface area contributed by atoms with Crippen molar-refractivity contribution in [3.63, 3.8) is 0 Å². The Morgan fingerprint density at radius 2 is 1.94 bits per heavy atom. The fourth-order valence-electron chi connectivity index (χ4n) is 2.40. The van der Waals surface area contributed by atoms with E-state index in [0.717, 1.165) is 25.2 Å². The standard InChI is InChI=1S/C15H17N3/c1-2-13-4-5-15(18-14(13)3-1)17-11-8-12-6-9-16-10-7-12/h4-7,9-10H,1-3,8,11H2,(H,17,18). The summed E-state index contributed by atoms with van der Waals surface area (Å²) in [5.41, 5.74) is 4.01. The SMILES string of the molecule is c1cc(CCNc2ccc3c(n2)CCC3)ccn1. The summed E-state index contributed by atoms with van der Waals surface area (Å²) in [5.74, 6) is 1.00. The lowest BCUT2D eigenvalue weighted by Gasteiger charge is -2.07. The van der Waals surface area contributed by atoms with Gasteiger partial charge >= 0.3 is 0 Å². The van der Waals surface area contributed by atoms with E-state index in [-0.39, 0.29) is 0 Å². The van der Waals surface area contributed by atoms with E-state index in [2.05, 4.69) is 39.6 Å². The Bertz CT molecular complexity index is 523. The van der Waals surface area contributed by atoms with Gasteiger partial charge in [0.1, 0.15) is 5.82 Å². The number of aryl methyl sites for hydroxylation is 2. The molecule has 0 bridgehead atoms. The van der Waals surface area contributed by atoms with E-state index >= 15 is 0 Å². The number of pyridine rings is 2. The first-order valence-electron chi connectivity index (χ1n) is 6.53. The molecule has 3 heteroatoms. The van der Waals surface area contributed by atoms with Crippen LogP contribution in [0.15, 0.2) is 36.7 Å². The van der Waals surface area contributed by atoms with Crippen LogP contribution in [0.2, 0.25) is 0 Å². The van der Waals surface area contributed by atoms with Crippen molar-refractivity contribution in [1.29, 1.82) is 0 Å². The van der Waals surface area contributed by atoms with Gasteiger partial charge in [0.15, 0.2) is 0 Å². The fourth-order valence-corrected chi connectivity index (χ4v) is 2.40. The number of hydrogen-bond acceptors (Lipinski definition) is 3. The summed E-state index contributed by atoms with van der Waals surface area (Å²) < 4.78 is 0. The van der Waals surface area contributed by atoms with Gasteiger partial charge < -0.3 is 5.32 Å². The quantitative estimate of drug-likeness (QED) is 0.891. The molecule has 0 fully saturated rings. The lowest BCUT2D eigenvalue weighted by Crippen LogP contribution is -2.07. The molecule has 2 aromatic rings. The molecule has 0 aliphatic heterocycles. The Balaban J connectivity index is 1.57.